The van der Waals surface area contributed by atoms with Crippen molar-refractivity contribution in [2.24, 2.45) is 0 Å². The lowest BCUT2D eigenvalue weighted by molar-refractivity contribution is -0.149. The molecule has 0 aliphatic carbocycles. The number of aliphatic hydroxyl groups is 1. The van der Waals surface area contributed by atoms with Crippen molar-refractivity contribution in [1.82, 2.24) is 4.90 Å². The molecule has 6 heteroatoms. The van der Waals surface area contributed by atoms with Crippen molar-refractivity contribution in [3.05, 3.63) is 0 Å². The van der Waals surface area contributed by atoms with Crippen LogP contribution in [0.25, 0.3) is 0 Å². The molecule has 0 spiro atoms. The van der Waals surface area contributed by atoms with Gasteiger partial charge < -0.3 is 9.84 Å². The van der Waals surface area contributed by atoms with E-state index in [1.54, 1.807) is 6.92 Å². The molecule has 0 saturated heterocycles. The molecule has 0 aromatic heterocycles. The third-order valence-corrected chi connectivity index (χ3v) is 1.94. The van der Waals surface area contributed by atoms with E-state index in [9.17, 15) is 13.6 Å². The van der Waals surface area contributed by atoms with Crippen molar-refractivity contribution >= 4 is 5.97 Å². The number of esters is 1. The van der Waals surface area contributed by atoms with Gasteiger partial charge in [0.25, 0.3) is 6.43 Å². The number of hydrogen-bond acceptors (Lipinski definition) is 4. The van der Waals surface area contributed by atoms with Crippen LogP contribution in [0.15, 0.2) is 0 Å². The van der Waals surface area contributed by atoms with Crippen LogP contribution in [-0.4, -0.2) is 54.7 Å². The van der Waals surface area contributed by atoms with Crippen molar-refractivity contribution in [2.45, 2.75) is 26.3 Å². The zero-order valence-electron chi connectivity index (χ0n) is 8.95. The molecule has 0 saturated carbocycles. The largest absolute Gasteiger partial charge is 0.465 e. The Morgan fingerprint density at radius 2 is 2.13 bits per heavy atom. The van der Waals surface area contributed by atoms with E-state index in [0.717, 1.165) is 0 Å². The van der Waals surface area contributed by atoms with Crippen LogP contribution in [0.5, 0.6) is 0 Å². The Morgan fingerprint density at radius 3 is 2.53 bits per heavy atom. The van der Waals surface area contributed by atoms with E-state index < -0.39 is 25.0 Å². The first-order valence-corrected chi connectivity index (χ1v) is 4.82. The van der Waals surface area contributed by atoms with Gasteiger partial charge in [0.2, 0.25) is 0 Å². The normalized spacial score (nSPS) is 13.3. The fraction of sp³-hybridized carbons (Fsp3) is 0.889. The van der Waals surface area contributed by atoms with Crippen molar-refractivity contribution in [3.8, 4) is 0 Å². The molecular formula is C9H17F2NO3. The van der Waals surface area contributed by atoms with E-state index in [1.807, 2.05) is 0 Å². The average molecular weight is 225 g/mol. The third-order valence-electron chi connectivity index (χ3n) is 1.94. The van der Waals surface area contributed by atoms with Crippen molar-refractivity contribution in [1.29, 1.82) is 0 Å². The standard InChI is InChI=1S/C9H17F2NO3/c1-3-15-9(14)7(2)12(4-5-13)6-8(10)11/h7-8,13H,3-6H2,1-2H3. The Labute approximate surface area is 87.8 Å². The Morgan fingerprint density at radius 1 is 1.53 bits per heavy atom. The number of ether oxygens (including phenoxy) is 1. The van der Waals surface area contributed by atoms with Gasteiger partial charge in [-0.15, -0.1) is 0 Å². The van der Waals surface area contributed by atoms with Gasteiger partial charge in [0.15, 0.2) is 0 Å². The summed E-state index contributed by atoms with van der Waals surface area (Å²) in [5.74, 6) is -0.549. The van der Waals surface area contributed by atoms with Crippen LogP contribution in [0.2, 0.25) is 0 Å². The maximum atomic E-state index is 12.1. The van der Waals surface area contributed by atoms with E-state index in [-0.39, 0.29) is 19.8 Å². The number of hydrogen-bond donors (Lipinski definition) is 1. The van der Waals surface area contributed by atoms with E-state index in [4.69, 9.17) is 9.84 Å². The number of halogens is 2. The quantitative estimate of drug-likeness (QED) is 0.641. The second-order valence-electron chi connectivity index (χ2n) is 3.04. The lowest BCUT2D eigenvalue weighted by Gasteiger charge is -2.26. The highest BCUT2D eigenvalue weighted by molar-refractivity contribution is 5.75. The Hall–Kier alpha value is -0.750. The van der Waals surface area contributed by atoms with Crippen LogP contribution < -0.4 is 0 Å². The van der Waals surface area contributed by atoms with Gasteiger partial charge in [0.1, 0.15) is 6.04 Å². The molecule has 90 valence electrons. The molecule has 0 radical (unpaired) electrons. The van der Waals surface area contributed by atoms with Gasteiger partial charge in [0.05, 0.1) is 19.8 Å². The summed E-state index contributed by atoms with van der Waals surface area (Å²) in [5.41, 5.74) is 0. The van der Waals surface area contributed by atoms with E-state index in [1.165, 1.54) is 11.8 Å². The molecule has 1 unspecified atom stereocenters. The fourth-order valence-corrected chi connectivity index (χ4v) is 1.16. The highest BCUT2D eigenvalue weighted by atomic mass is 19.3. The summed E-state index contributed by atoms with van der Waals surface area (Å²) >= 11 is 0. The maximum absolute atomic E-state index is 12.1. The monoisotopic (exact) mass is 225 g/mol. The molecule has 15 heavy (non-hydrogen) atoms. The van der Waals surface area contributed by atoms with Gasteiger partial charge in [0, 0.05) is 6.54 Å². The number of alkyl halides is 2. The molecule has 0 aliphatic rings. The van der Waals surface area contributed by atoms with Crippen LogP contribution in [0.1, 0.15) is 13.8 Å². The summed E-state index contributed by atoms with van der Waals surface area (Å²) in [6, 6.07) is -0.758. The summed E-state index contributed by atoms with van der Waals surface area (Å²) < 4.78 is 29.0. The predicted molar refractivity (Wildman–Crippen MR) is 50.8 cm³/mol. The van der Waals surface area contributed by atoms with Crippen LogP contribution in [-0.2, 0) is 9.53 Å². The second-order valence-corrected chi connectivity index (χ2v) is 3.04. The van der Waals surface area contributed by atoms with E-state index in [0.29, 0.717) is 0 Å². The SMILES string of the molecule is CCOC(=O)C(C)N(CCO)CC(F)F. The van der Waals surface area contributed by atoms with E-state index in [2.05, 4.69) is 0 Å². The zero-order chi connectivity index (χ0) is 11.8. The fourth-order valence-electron chi connectivity index (χ4n) is 1.16. The summed E-state index contributed by atoms with van der Waals surface area (Å²) in [4.78, 5) is 12.4. The minimum Gasteiger partial charge on any atom is -0.465 e. The lowest BCUT2D eigenvalue weighted by Crippen LogP contribution is -2.44. The van der Waals surface area contributed by atoms with Gasteiger partial charge in [-0.25, -0.2) is 8.78 Å². The topological polar surface area (TPSA) is 49.8 Å². The van der Waals surface area contributed by atoms with E-state index >= 15 is 0 Å². The van der Waals surface area contributed by atoms with Crippen molar-refractivity contribution in [2.75, 3.05) is 26.3 Å². The molecule has 1 atom stereocenters. The molecular weight excluding hydrogens is 208 g/mol. The number of carbonyl (C=O) groups is 1. The number of aliphatic hydroxyl groups excluding tert-OH is 1. The Kier molecular flexibility index (Phi) is 7.15. The first kappa shape index (κ1) is 14.2. The number of carbonyl (C=O) groups excluding carboxylic acids is 1. The summed E-state index contributed by atoms with van der Waals surface area (Å²) in [5, 5.41) is 8.67. The zero-order valence-corrected chi connectivity index (χ0v) is 8.95. The number of rotatable bonds is 7. The van der Waals surface area contributed by atoms with Crippen LogP contribution >= 0.6 is 0 Å². The molecule has 0 heterocycles. The van der Waals surface area contributed by atoms with Crippen LogP contribution in [0.3, 0.4) is 0 Å². The van der Waals surface area contributed by atoms with Crippen LogP contribution in [0, 0.1) is 0 Å². The average Bonchev–Trinajstić information content (AvgIpc) is 2.16. The van der Waals surface area contributed by atoms with Crippen LogP contribution in [0.4, 0.5) is 8.78 Å². The molecule has 0 aliphatic heterocycles. The highest BCUT2D eigenvalue weighted by Gasteiger charge is 2.24. The maximum Gasteiger partial charge on any atom is 0.323 e. The third kappa shape index (κ3) is 5.64. The number of nitrogens with zero attached hydrogens (tertiary/aromatic N) is 1. The highest BCUT2D eigenvalue weighted by Crippen LogP contribution is 2.05. The summed E-state index contributed by atoms with van der Waals surface area (Å²) in [6.45, 7) is 2.57. The van der Waals surface area contributed by atoms with Gasteiger partial charge >= 0.3 is 5.97 Å². The van der Waals surface area contributed by atoms with Gasteiger partial charge in [-0.05, 0) is 13.8 Å². The molecule has 0 bridgehead atoms. The first-order valence-electron chi connectivity index (χ1n) is 4.82. The molecule has 0 rings (SSSR count). The van der Waals surface area contributed by atoms with Crippen molar-refractivity contribution < 1.29 is 23.4 Å². The molecule has 1 N–H and O–H groups in total. The van der Waals surface area contributed by atoms with Gasteiger partial charge in [-0.1, -0.05) is 0 Å². The van der Waals surface area contributed by atoms with Gasteiger partial charge in [-0.2, -0.15) is 0 Å². The minimum atomic E-state index is -2.53. The summed E-state index contributed by atoms with van der Waals surface area (Å²) in [6.07, 6.45) is -2.53. The smallest absolute Gasteiger partial charge is 0.323 e. The molecule has 0 aromatic rings. The lowest BCUT2D eigenvalue weighted by atomic mass is 10.3. The molecule has 0 aromatic carbocycles. The Bertz CT molecular complexity index is 190. The first-order chi connectivity index (χ1) is 7.02. The Balaban J connectivity index is 4.26. The minimum absolute atomic E-state index is 0.0321. The van der Waals surface area contributed by atoms with Crippen molar-refractivity contribution in [3.63, 3.8) is 0 Å². The summed E-state index contributed by atoms with van der Waals surface area (Å²) in [7, 11) is 0. The second kappa shape index (κ2) is 7.53. The molecule has 0 amide bonds. The van der Waals surface area contributed by atoms with Gasteiger partial charge in [-0.3, -0.25) is 9.69 Å². The predicted octanol–water partition coefficient (Wildman–Crippen LogP) is 0.497. The molecule has 0 fully saturated rings. The molecule has 4 nitrogen and oxygen atoms in total.